The van der Waals surface area contributed by atoms with Gasteiger partial charge in [-0.15, -0.1) is 0 Å². The van der Waals surface area contributed by atoms with Crippen LogP contribution < -0.4 is 0 Å². The molecule has 0 spiro atoms. The molecule has 0 aliphatic heterocycles. The van der Waals surface area contributed by atoms with Gasteiger partial charge in [-0.2, -0.15) is 0 Å². The highest BCUT2D eigenvalue weighted by atomic mass is 19.1. The van der Waals surface area contributed by atoms with Crippen LogP contribution in [0.5, 0.6) is 0 Å². The number of carbonyl (C=O) groups is 3. The molecular weight excluding hydrogens is 403 g/mol. The van der Waals surface area contributed by atoms with Gasteiger partial charge in [0.1, 0.15) is 5.60 Å². The SMILES string of the molecule is CC(=O)OC(C)C(=O)[C@@]1(O)CCC2C3CCC4=CC(=O)C=CC4(C)[C@@]3(F)C(O)CC21C. The topological polar surface area (TPSA) is 101 Å². The smallest absolute Gasteiger partial charge is 0.303 e. The highest BCUT2D eigenvalue weighted by Crippen LogP contribution is 2.69. The van der Waals surface area contributed by atoms with Crippen LogP contribution in [-0.4, -0.2) is 51.2 Å². The van der Waals surface area contributed by atoms with Crippen molar-refractivity contribution in [2.75, 3.05) is 0 Å². The van der Waals surface area contributed by atoms with Gasteiger partial charge in [0.2, 0.25) is 5.78 Å². The maximum absolute atomic E-state index is 17.0. The first-order valence-electron chi connectivity index (χ1n) is 11.1. The van der Waals surface area contributed by atoms with Crippen LogP contribution in [0.2, 0.25) is 0 Å². The van der Waals surface area contributed by atoms with E-state index in [1.807, 2.05) is 0 Å². The van der Waals surface area contributed by atoms with E-state index in [1.54, 1.807) is 19.9 Å². The number of esters is 1. The summed E-state index contributed by atoms with van der Waals surface area (Å²) in [4.78, 5) is 36.4. The Labute approximate surface area is 181 Å². The minimum Gasteiger partial charge on any atom is -0.455 e. The molecule has 2 N–H and O–H groups in total. The van der Waals surface area contributed by atoms with Gasteiger partial charge >= 0.3 is 5.97 Å². The summed E-state index contributed by atoms with van der Waals surface area (Å²) >= 11 is 0. The zero-order valence-electron chi connectivity index (χ0n) is 18.5. The zero-order chi connectivity index (χ0) is 23.0. The van der Waals surface area contributed by atoms with Crippen LogP contribution in [0, 0.1) is 22.7 Å². The predicted molar refractivity (Wildman–Crippen MR) is 110 cm³/mol. The quantitative estimate of drug-likeness (QED) is 0.663. The average molecular weight is 435 g/mol. The van der Waals surface area contributed by atoms with Gasteiger partial charge in [-0.3, -0.25) is 14.4 Å². The summed E-state index contributed by atoms with van der Waals surface area (Å²) in [6.07, 6.45) is 3.31. The molecule has 0 aromatic carbocycles. The fraction of sp³-hybridized carbons (Fsp3) is 0.708. The number of ketones is 2. The van der Waals surface area contributed by atoms with E-state index in [2.05, 4.69) is 0 Å². The zero-order valence-corrected chi connectivity index (χ0v) is 18.5. The molecule has 3 fully saturated rings. The lowest BCUT2D eigenvalue weighted by Crippen LogP contribution is -2.69. The number of allylic oxidation sites excluding steroid dienone is 4. The first-order valence-corrected chi connectivity index (χ1v) is 11.1. The molecule has 31 heavy (non-hydrogen) atoms. The van der Waals surface area contributed by atoms with Crippen LogP contribution in [-0.2, 0) is 19.1 Å². The summed E-state index contributed by atoms with van der Waals surface area (Å²) in [7, 11) is 0. The van der Waals surface area contributed by atoms with Gasteiger partial charge in [0.25, 0.3) is 0 Å². The van der Waals surface area contributed by atoms with Crippen LogP contribution in [0.4, 0.5) is 4.39 Å². The molecular formula is C24H31FO6. The minimum atomic E-state index is -2.01. The third-order valence-corrected chi connectivity index (χ3v) is 8.91. The van der Waals surface area contributed by atoms with Crippen LogP contribution in [0.1, 0.15) is 59.8 Å². The largest absolute Gasteiger partial charge is 0.455 e. The molecule has 0 saturated heterocycles. The Bertz CT molecular complexity index is 910. The lowest BCUT2D eigenvalue weighted by atomic mass is 9.44. The summed E-state index contributed by atoms with van der Waals surface area (Å²) in [5, 5.41) is 22.8. The van der Waals surface area contributed by atoms with Crippen molar-refractivity contribution in [1.29, 1.82) is 0 Å². The Kier molecular flexibility index (Phi) is 4.91. The Morgan fingerprint density at radius 3 is 2.58 bits per heavy atom. The number of aliphatic hydroxyl groups excluding tert-OH is 1. The number of aliphatic hydroxyl groups is 2. The van der Waals surface area contributed by atoms with E-state index in [1.165, 1.54) is 26.0 Å². The van der Waals surface area contributed by atoms with E-state index in [-0.39, 0.29) is 24.5 Å². The van der Waals surface area contributed by atoms with Crippen molar-refractivity contribution in [2.24, 2.45) is 22.7 Å². The first kappa shape index (κ1) is 22.3. The highest BCUT2D eigenvalue weighted by Gasteiger charge is 2.74. The molecule has 6 nitrogen and oxygen atoms in total. The molecule has 0 bridgehead atoms. The number of Topliss-reactive ketones (excluding diaryl/α,β-unsaturated/α-hetero) is 1. The van der Waals surface area contributed by atoms with Gasteiger partial charge in [0, 0.05) is 23.7 Å². The van der Waals surface area contributed by atoms with Crippen LogP contribution in [0.25, 0.3) is 0 Å². The van der Waals surface area contributed by atoms with Gasteiger partial charge in [0.05, 0.1) is 6.10 Å². The third kappa shape index (κ3) is 2.72. The molecule has 3 saturated carbocycles. The minimum absolute atomic E-state index is 0.0929. The van der Waals surface area contributed by atoms with E-state index in [0.29, 0.717) is 24.8 Å². The van der Waals surface area contributed by atoms with Crippen molar-refractivity contribution in [3.05, 3.63) is 23.8 Å². The molecule has 0 amide bonds. The summed E-state index contributed by atoms with van der Waals surface area (Å²) in [6.45, 7) is 6.11. The average Bonchev–Trinajstić information content (AvgIpc) is 2.94. The Morgan fingerprint density at radius 2 is 1.94 bits per heavy atom. The van der Waals surface area contributed by atoms with Gasteiger partial charge in [-0.05, 0) is 64.0 Å². The lowest BCUT2D eigenvalue weighted by molar-refractivity contribution is -0.219. The van der Waals surface area contributed by atoms with Crippen LogP contribution in [0.15, 0.2) is 23.8 Å². The van der Waals surface area contributed by atoms with Crippen LogP contribution >= 0.6 is 0 Å². The molecule has 8 atom stereocenters. The molecule has 4 aliphatic rings. The van der Waals surface area contributed by atoms with Crippen molar-refractivity contribution < 1.29 is 33.7 Å². The van der Waals surface area contributed by atoms with Crippen molar-refractivity contribution in [3.8, 4) is 0 Å². The van der Waals surface area contributed by atoms with E-state index in [0.717, 1.165) is 0 Å². The fourth-order valence-electron chi connectivity index (χ4n) is 7.26. The number of ether oxygens (including phenoxy) is 1. The monoisotopic (exact) mass is 434 g/mol. The van der Waals surface area contributed by atoms with Gasteiger partial charge in [-0.25, -0.2) is 4.39 Å². The van der Waals surface area contributed by atoms with Gasteiger partial charge in [-0.1, -0.05) is 18.6 Å². The maximum atomic E-state index is 17.0. The van der Waals surface area contributed by atoms with E-state index in [4.69, 9.17) is 4.74 Å². The summed E-state index contributed by atoms with van der Waals surface area (Å²) in [5.74, 6) is -2.30. The standard InChI is InChI=1S/C24H31FO6/c1-13(31-14(2)26)20(29)23(30)10-8-17-18-6-5-15-11-16(27)7-9-21(15,3)24(18,25)19(28)12-22(17,23)4/h7,9,11,13,17-19,28,30H,5-6,8,10,12H2,1-4H3/t13?,17?,18?,19?,21?,22?,23-,24-/m0/s1. The summed E-state index contributed by atoms with van der Waals surface area (Å²) in [6, 6.07) is 0. The molecule has 0 aromatic rings. The molecule has 6 unspecified atom stereocenters. The molecule has 4 rings (SSSR count). The van der Waals surface area contributed by atoms with Crippen molar-refractivity contribution in [3.63, 3.8) is 0 Å². The van der Waals surface area contributed by atoms with Crippen LogP contribution in [0.3, 0.4) is 0 Å². The molecule has 4 aliphatic carbocycles. The second-order valence-corrected chi connectivity index (χ2v) is 10.3. The number of hydrogen-bond donors (Lipinski definition) is 2. The maximum Gasteiger partial charge on any atom is 0.303 e. The first-order chi connectivity index (χ1) is 14.3. The van der Waals surface area contributed by atoms with E-state index >= 15 is 4.39 Å². The Morgan fingerprint density at radius 1 is 1.26 bits per heavy atom. The number of carbonyl (C=O) groups excluding carboxylic acids is 3. The second kappa shape index (κ2) is 6.82. The number of alkyl halides is 1. The molecule has 0 heterocycles. The van der Waals surface area contributed by atoms with E-state index in [9.17, 15) is 24.6 Å². The van der Waals surface area contributed by atoms with Gasteiger partial charge < -0.3 is 14.9 Å². The highest BCUT2D eigenvalue weighted by molar-refractivity contribution is 6.01. The third-order valence-electron chi connectivity index (χ3n) is 8.91. The normalized spacial score (nSPS) is 47.0. The fourth-order valence-corrected chi connectivity index (χ4v) is 7.26. The number of hydrogen-bond acceptors (Lipinski definition) is 6. The van der Waals surface area contributed by atoms with Crippen molar-refractivity contribution in [2.45, 2.75) is 83.3 Å². The lowest BCUT2D eigenvalue weighted by Gasteiger charge is -2.62. The molecule has 7 heteroatoms. The molecule has 170 valence electrons. The second-order valence-electron chi connectivity index (χ2n) is 10.3. The number of rotatable bonds is 3. The van der Waals surface area contributed by atoms with E-state index < -0.39 is 52.0 Å². The molecule has 0 aromatic heterocycles. The number of halogens is 1. The Balaban J connectivity index is 1.73. The Hall–Kier alpha value is -1.86. The van der Waals surface area contributed by atoms with Gasteiger partial charge in [0.15, 0.2) is 17.6 Å². The van der Waals surface area contributed by atoms with Crippen molar-refractivity contribution in [1.82, 2.24) is 0 Å². The molecule has 0 radical (unpaired) electrons. The van der Waals surface area contributed by atoms with Crippen molar-refractivity contribution >= 4 is 17.5 Å². The number of fused-ring (bicyclic) bond motifs is 5. The summed E-state index contributed by atoms with van der Waals surface area (Å²) in [5.41, 5.74) is -5.29. The summed E-state index contributed by atoms with van der Waals surface area (Å²) < 4.78 is 22.0. The predicted octanol–water partition coefficient (Wildman–Crippen LogP) is 2.61.